The highest BCUT2D eigenvalue weighted by molar-refractivity contribution is 6.39. The van der Waals surface area contributed by atoms with Crippen molar-refractivity contribution >= 4 is 9.52 Å². The van der Waals surface area contributed by atoms with Gasteiger partial charge < -0.3 is 20.5 Å². The fourth-order valence-corrected chi connectivity index (χ4v) is 3.90. The summed E-state index contributed by atoms with van der Waals surface area (Å²) in [7, 11) is 2.88. The fraction of sp³-hybridized carbons (Fsp3) is 0.571. The summed E-state index contributed by atoms with van der Waals surface area (Å²) in [5, 5.41) is 3.25. The van der Waals surface area contributed by atoms with Crippen molar-refractivity contribution in [1.82, 2.24) is 5.32 Å². The Hall–Kier alpha value is -0.723. The second-order valence-electron chi connectivity index (χ2n) is 4.80. The number of aryl methyl sites for hydroxylation is 1. The maximum Gasteiger partial charge on any atom is 0.145 e. The molecule has 5 heteroatoms. The molecule has 108 valence electrons. The van der Waals surface area contributed by atoms with E-state index in [1.807, 2.05) is 13.0 Å². The van der Waals surface area contributed by atoms with Crippen molar-refractivity contribution < 1.29 is 9.47 Å². The standard InChI is InChI=1S/C14H26N2O2Si/c1-12(15)16-11-19-14(17-2,18-3)10-9-13-7-5-4-6-8-13/h4-8,12,16H,9-11,15,19H2,1-3H3. The van der Waals surface area contributed by atoms with Crippen LogP contribution in [0.15, 0.2) is 30.3 Å². The minimum atomic E-state index is -0.576. The summed E-state index contributed by atoms with van der Waals surface area (Å²) in [4.78, 5) is 0. The number of ether oxygens (including phenoxy) is 2. The second kappa shape index (κ2) is 8.45. The summed E-state index contributed by atoms with van der Waals surface area (Å²) in [5.74, 6) is 0. The third kappa shape index (κ3) is 5.84. The predicted octanol–water partition coefficient (Wildman–Crippen LogP) is 0.586. The Morgan fingerprint density at radius 1 is 1.26 bits per heavy atom. The Kier molecular flexibility index (Phi) is 7.26. The molecule has 1 rings (SSSR count). The molecule has 0 aromatic heterocycles. The Morgan fingerprint density at radius 2 is 1.89 bits per heavy atom. The van der Waals surface area contributed by atoms with E-state index in [9.17, 15) is 0 Å². The minimum absolute atomic E-state index is 0.0213. The van der Waals surface area contributed by atoms with Crippen LogP contribution in [0.5, 0.6) is 0 Å². The molecule has 1 unspecified atom stereocenters. The van der Waals surface area contributed by atoms with Gasteiger partial charge in [-0.25, -0.2) is 0 Å². The zero-order valence-electron chi connectivity index (χ0n) is 12.2. The first-order chi connectivity index (χ1) is 9.12. The molecular formula is C14H26N2O2Si. The van der Waals surface area contributed by atoms with Gasteiger partial charge in [-0.1, -0.05) is 30.3 Å². The molecule has 0 heterocycles. The highest BCUT2D eigenvalue weighted by atomic mass is 28.2. The van der Waals surface area contributed by atoms with Gasteiger partial charge in [0.1, 0.15) is 14.9 Å². The lowest BCUT2D eigenvalue weighted by Crippen LogP contribution is -2.48. The van der Waals surface area contributed by atoms with Gasteiger partial charge in [-0.05, 0) is 25.1 Å². The van der Waals surface area contributed by atoms with Crippen molar-refractivity contribution in [2.24, 2.45) is 5.73 Å². The van der Waals surface area contributed by atoms with Gasteiger partial charge in [-0.3, -0.25) is 0 Å². The third-order valence-corrected chi connectivity index (χ3v) is 5.59. The number of rotatable bonds is 9. The Morgan fingerprint density at radius 3 is 2.42 bits per heavy atom. The first-order valence-electron chi connectivity index (χ1n) is 6.75. The van der Waals surface area contributed by atoms with Crippen LogP contribution in [0.2, 0.25) is 0 Å². The molecule has 1 aromatic rings. The van der Waals surface area contributed by atoms with E-state index in [-0.39, 0.29) is 6.17 Å². The maximum atomic E-state index is 5.70. The fourth-order valence-electron chi connectivity index (χ4n) is 2.09. The van der Waals surface area contributed by atoms with Crippen LogP contribution in [0.25, 0.3) is 0 Å². The molecule has 0 saturated carbocycles. The smallest absolute Gasteiger partial charge is 0.145 e. The summed E-state index contributed by atoms with van der Waals surface area (Å²) in [6.07, 6.45) is 2.78. The van der Waals surface area contributed by atoms with E-state index in [0.717, 1.165) is 19.0 Å². The Balaban J connectivity index is 2.50. The average molecular weight is 282 g/mol. The van der Waals surface area contributed by atoms with Gasteiger partial charge in [-0.2, -0.15) is 0 Å². The number of methoxy groups -OCH3 is 2. The molecule has 3 N–H and O–H groups in total. The van der Waals surface area contributed by atoms with Gasteiger partial charge in [-0.15, -0.1) is 0 Å². The molecular weight excluding hydrogens is 256 g/mol. The van der Waals surface area contributed by atoms with E-state index in [4.69, 9.17) is 15.2 Å². The zero-order chi connectivity index (χ0) is 14.1. The monoisotopic (exact) mass is 282 g/mol. The summed E-state index contributed by atoms with van der Waals surface area (Å²) < 4.78 is 11.3. The molecule has 1 atom stereocenters. The molecule has 0 aliphatic rings. The molecule has 0 bridgehead atoms. The number of nitrogens with two attached hydrogens (primary N) is 1. The van der Waals surface area contributed by atoms with E-state index in [0.29, 0.717) is 0 Å². The van der Waals surface area contributed by atoms with Gasteiger partial charge in [0.15, 0.2) is 0 Å². The topological polar surface area (TPSA) is 56.5 Å². The average Bonchev–Trinajstić information content (AvgIpc) is 2.44. The third-order valence-electron chi connectivity index (χ3n) is 3.35. The lowest BCUT2D eigenvalue weighted by atomic mass is 10.1. The normalized spacial score (nSPS) is 14.1. The largest absolute Gasteiger partial charge is 0.358 e. The summed E-state index contributed by atoms with van der Waals surface area (Å²) in [6.45, 7) is 1.94. The molecule has 0 fully saturated rings. The van der Waals surface area contributed by atoms with Crippen LogP contribution >= 0.6 is 0 Å². The highest BCUT2D eigenvalue weighted by Crippen LogP contribution is 2.18. The van der Waals surface area contributed by atoms with Crippen molar-refractivity contribution in [3.63, 3.8) is 0 Å². The highest BCUT2D eigenvalue weighted by Gasteiger charge is 2.28. The van der Waals surface area contributed by atoms with Crippen LogP contribution in [-0.2, 0) is 15.9 Å². The van der Waals surface area contributed by atoms with Crippen LogP contribution in [-0.4, -0.2) is 41.5 Å². The quantitative estimate of drug-likeness (QED) is 0.514. The molecule has 0 amide bonds. The Bertz CT molecular complexity index is 343. The van der Waals surface area contributed by atoms with E-state index in [1.165, 1.54) is 5.56 Å². The van der Waals surface area contributed by atoms with Crippen molar-refractivity contribution in [3.8, 4) is 0 Å². The summed E-state index contributed by atoms with van der Waals surface area (Å²) in [6, 6.07) is 10.4. The lowest BCUT2D eigenvalue weighted by molar-refractivity contribution is -0.148. The summed E-state index contributed by atoms with van der Waals surface area (Å²) >= 11 is 0. The van der Waals surface area contributed by atoms with Crippen LogP contribution in [0, 0.1) is 0 Å². The van der Waals surface area contributed by atoms with Crippen LogP contribution < -0.4 is 11.1 Å². The lowest BCUT2D eigenvalue weighted by Gasteiger charge is -2.31. The van der Waals surface area contributed by atoms with Gasteiger partial charge in [0.2, 0.25) is 0 Å². The molecule has 1 aromatic carbocycles. The maximum absolute atomic E-state index is 5.70. The molecule has 4 nitrogen and oxygen atoms in total. The first-order valence-corrected chi connectivity index (χ1v) is 8.46. The van der Waals surface area contributed by atoms with Crippen molar-refractivity contribution in [3.05, 3.63) is 35.9 Å². The van der Waals surface area contributed by atoms with Gasteiger partial charge >= 0.3 is 0 Å². The molecule has 0 radical (unpaired) electrons. The SMILES string of the molecule is COC(CCc1ccccc1)(OC)[SiH2]CNC(C)N. The molecule has 0 saturated heterocycles. The number of hydrogen-bond acceptors (Lipinski definition) is 4. The Labute approximate surface area is 118 Å². The summed E-state index contributed by atoms with van der Waals surface area (Å²) in [5.41, 5.74) is 6.61. The van der Waals surface area contributed by atoms with Gasteiger partial charge in [0, 0.05) is 20.6 Å². The van der Waals surface area contributed by atoms with E-state index in [1.54, 1.807) is 14.2 Å². The van der Waals surface area contributed by atoms with Gasteiger partial charge in [0.25, 0.3) is 0 Å². The molecule has 0 aliphatic carbocycles. The van der Waals surface area contributed by atoms with E-state index < -0.39 is 14.9 Å². The van der Waals surface area contributed by atoms with E-state index >= 15 is 0 Å². The number of benzene rings is 1. The van der Waals surface area contributed by atoms with Crippen LogP contribution in [0.4, 0.5) is 0 Å². The molecule has 0 spiro atoms. The molecule has 19 heavy (non-hydrogen) atoms. The number of hydrogen-bond donors (Lipinski definition) is 2. The number of nitrogens with one attached hydrogen (secondary N) is 1. The van der Waals surface area contributed by atoms with Crippen molar-refractivity contribution in [1.29, 1.82) is 0 Å². The second-order valence-corrected chi connectivity index (χ2v) is 6.87. The minimum Gasteiger partial charge on any atom is -0.358 e. The predicted molar refractivity (Wildman–Crippen MR) is 81.7 cm³/mol. The van der Waals surface area contributed by atoms with Crippen molar-refractivity contribution in [2.75, 3.05) is 20.4 Å². The van der Waals surface area contributed by atoms with Gasteiger partial charge in [0.05, 0.1) is 6.17 Å². The molecule has 0 aliphatic heterocycles. The van der Waals surface area contributed by atoms with Crippen LogP contribution in [0.1, 0.15) is 18.9 Å². The first kappa shape index (κ1) is 16.3. The van der Waals surface area contributed by atoms with Crippen molar-refractivity contribution in [2.45, 2.75) is 31.3 Å². The van der Waals surface area contributed by atoms with Crippen LogP contribution in [0.3, 0.4) is 0 Å². The zero-order valence-corrected chi connectivity index (χ0v) is 13.6. The van der Waals surface area contributed by atoms with E-state index in [2.05, 4.69) is 29.6 Å².